The molecular formula is C12H21N3O2. The predicted octanol–water partition coefficient (Wildman–Crippen LogP) is 0.865. The SMILES string of the molecule is CCC(N)C(c1ccco1)N(CC)CC(N)=O. The van der Waals surface area contributed by atoms with Gasteiger partial charge >= 0.3 is 0 Å². The minimum atomic E-state index is -0.355. The molecule has 5 nitrogen and oxygen atoms in total. The van der Waals surface area contributed by atoms with E-state index in [2.05, 4.69) is 0 Å². The van der Waals surface area contributed by atoms with Crippen molar-refractivity contribution in [3.05, 3.63) is 24.2 Å². The van der Waals surface area contributed by atoms with E-state index in [0.29, 0.717) is 6.54 Å². The van der Waals surface area contributed by atoms with Crippen LogP contribution < -0.4 is 11.5 Å². The van der Waals surface area contributed by atoms with Gasteiger partial charge in [0, 0.05) is 6.04 Å². The molecule has 0 fully saturated rings. The minimum Gasteiger partial charge on any atom is -0.468 e. The smallest absolute Gasteiger partial charge is 0.231 e. The molecule has 0 spiro atoms. The molecule has 0 bridgehead atoms. The molecule has 0 radical (unpaired) electrons. The average Bonchev–Trinajstić information content (AvgIpc) is 2.80. The van der Waals surface area contributed by atoms with E-state index in [1.54, 1.807) is 6.26 Å². The molecule has 1 amide bonds. The fourth-order valence-electron chi connectivity index (χ4n) is 1.95. The van der Waals surface area contributed by atoms with Gasteiger partial charge in [-0.15, -0.1) is 0 Å². The summed E-state index contributed by atoms with van der Waals surface area (Å²) < 4.78 is 5.41. The second-order valence-electron chi connectivity index (χ2n) is 4.06. The third-order valence-electron chi connectivity index (χ3n) is 2.87. The quantitative estimate of drug-likeness (QED) is 0.739. The number of rotatable bonds is 7. The van der Waals surface area contributed by atoms with Gasteiger partial charge in [0.1, 0.15) is 5.76 Å². The molecule has 0 aliphatic heterocycles. The Morgan fingerprint density at radius 3 is 2.65 bits per heavy atom. The molecule has 0 saturated carbocycles. The Morgan fingerprint density at radius 2 is 2.24 bits per heavy atom. The number of nitrogens with zero attached hydrogens (tertiary/aromatic N) is 1. The van der Waals surface area contributed by atoms with E-state index in [4.69, 9.17) is 15.9 Å². The van der Waals surface area contributed by atoms with Crippen LogP contribution in [0.2, 0.25) is 0 Å². The van der Waals surface area contributed by atoms with Crippen LogP contribution in [0.5, 0.6) is 0 Å². The summed E-state index contributed by atoms with van der Waals surface area (Å²) in [5.41, 5.74) is 11.4. The zero-order valence-corrected chi connectivity index (χ0v) is 10.4. The Labute approximate surface area is 102 Å². The van der Waals surface area contributed by atoms with Gasteiger partial charge in [-0.2, -0.15) is 0 Å². The van der Waals surface area contributed by atoms with Gasteiger partial charge in [-0.05, 0) is 25.1 Å². The monoisotopic (exact) mass is 239 g/mol. The molecule has 4 N–H and O–H groups in total. The van der Waals surface area contributed by atoms with Crippen LogP contribution in [0, 0.1) is 0 Å². The van der Waals surface area contributed by atoms with Crippen molar-refractivity contribution in [3.63, 3.8) is 0 Å². The third-order valence-corrected chi connectivity index (χ3v) is 2.87. The van der Waals surface area contributed by atoms with Crippen molar-refractivity contribution in [2.45, 2.75) is 32.4 Å². The number of furan rings is 1. The molecule has 2 atom stereocenters. The molecule has 2 unspecified atom stereocenters. The lowest BCUT2D eigenvalue weighted by atomic mass is 10.0. The van der Waals surface area contributed by atoms with Gasteiger partial charge in [0.15, 0.2) is 0 Å². The maximum atomic E-state index is 11.1. The average molecular weight is 239 g/mol. The molecule has 1 aromatic heterocycles. The summed E-state index contributed by atoms with van der Waals surface area (Å²) in [6.45, 7) is 4.87. The number of nitrogens with two attached hydrogens (primary N) is 2. The number of carbonyl (C=O) groups is 1. The zero-order chi connectivity index (χ0) is 12.8. The summed E-state index contributed by atoms with van der Waals surface area (Å²) in [5, 5.41) is 0. The summed E-state index contributed by atoms with van der Waals surface area (Å²) in [6, 6.07) is 3.51. The van der Waals surface area contributed by atoms with Crippen LogP contribution in [-0.4, -0.2) is 29.9 Å². The van der Waals surface area contributed by atoms with Crippen molar-refractivity contribution in [1.82, 2.24) is 4.90 Å². The van der Waals surface area contributed by atoms with Crippen molar-refractivity contribution in [2.75, 3.05) is 13.1 Å². The van der Waals surface area contributed by atoms with Crippen LogP contribution in [0.15, 0.2) is 22.8 Å². The van der Waals surface area contributed by atoms with Gasteiger partial charge in [0.05, 0.1) is 18.8 Å². The normalized spacial score (nSPS) is 14.8. The molecule has 0 aromatic carbocycles. The number of carbonyl (C=O) groups excluding carboxylic acids is 1. The van der Waals surface area contributed by atoms with Gasteiger partial charge in [-0.1, -0.05) is 13.8 Å². The van der Waals surface area contributed by atoms with Crippen LogP contribution in [0.3, 0.4) is 0 Å². The molecule has 0 aliphatic rings. The zero-order valence-electron chi connectivity index (χ0n) is 10.4. The van der Waals surface area contributed by atoms with Crippen molar-refractivity contribution in [2.24, 2.45) is 11.5 Å². The van der Waals surface area contributed by atoms with E-state index in [1.807, 2.05) is 30.9 Å². The van der Waals surface area contributed by atoms with E-state index in [0.717, 1.165) is 12.2 Å². The van der Waals surface area contributed by atoms with Crippen LogP contribution in [-0.2, 0) is 4.79 Å². The van der Waals surface area contributed by atoms with E-state index in [9.17, 15) is 4.79 Å². The van der Waals surface area contributed by atoms with Crippen molar-refractivity contribution >= 4 is 5.91 Å². The Morgan fingerprint density at radius 1 is 1.53 bits per heavy atom. The molecule has 1 aromatic rings. The first kappa shape index (κ1) is 13.7. The number of amides is 1. The van der Waals surface area contributed by atoms with E-state index < -0.39 is 0 Å². The van der Waals surface area contributed by atoms with Gasteiger partial charge in [-0.3, -0.25) is 9.69 Å². The lowest BCUT2D eigenvalue weighted by Gasteiger charge is -2.32. The van der Waals surface area contributed by atoms with Crippen LogP contribution in [0.1, 0.15) is 32.1 Å². The van der Waals surface area contributed by atoms with Gasteiger partial charge in [0.2, 0.25) is 5.91 Å². The molecule has 17 heavy (non-hydrogen) atoms. The second-order valence-corrected chi connectivity index (χ2v) is 4.06. The summed E-state index contributed by atoms with van der Waals surface area (Å²) in [6.07, 6.45) is 2.42. The number of primary amides is 1. The standard InChI is InChI=1S/C12H21N3O2/c1-3-9(13)12(10-6-5-7-17-10)15(4-2)8-11(14)16/h5-7,9,12H,3-4,8,13H2,1-2H3,(H2,14,16). The summed E-state index contributed by atoms with van der Waals surface area (Å²) >= 11 is 0. The summed E-state index contributed by atoms with van der Waals surface area (Å²) in [5.74, 6) is 0.425. The van der Waals surface area contributed by atoms with Crippen molar-refractivity contribution < 1.29 is 9.21 Å². The van der Waals surface area contributed by atoms with Gasteiger partial charge < -0.3 is 15.9 Å². The Hall–Kier alpha value is -1.33. The van der Waals surface area contributed by atoms with Crippen molar-refractivity contribution in [1.29, 1.82) is 0 Å². The largest absolute Gasteiger partial charge is 0.468 e. The molecule has 1 rings (SSSR count). The highest BCUT2D eigenvalue weighted by atomic mass is 16.3. The number of likely N-dealkylation sites (N-methyl/N-ethyl adjacent to an activating group) is 1. The molecule has 0 aliphatic carbocycles. The number of hydrogen-bond acceptors (Lipinski definition) is 4. The fourth-order valence-corrected chi connectivity index (χ4v) is 1.95. The van der Waals surface area contributed by atoms with E-state index in [-0.39, 0.29) is 24.5 Å². The molecule has 5 heteroatoms. The first-order chi connectivity index (χ1) is 8.10. The Bertz CT molecular complexity index is 338. The minimum absolute atomic E-state index is 0.0829. The Balaban J connectivity index is 2.92. The van der Waals surface area contributed by atoms with Crippen LogP contribution in [0.25, 0.3) is 0 Å². The van der Waals surface area contributed by atoms with Gasteiger partial charge in [-0.25, -0.2) is 0 Å². The van der Waals surface area contributed by atoms with Gasteiger partial charge in [0.25, 0.3) is 0 Å². The van der Waals surface area contributed by atoms with E-state index in [1.165, 1.54) is 0 Å². The predicted molar refractivity (Wildman–Crippen MR) is 66.2 cm³/mol. The lowest BCUT2D eigenvalue weighted by molar-refractivity contribution is -0.119. The summed E-state index contributed by atoms with van der Waals surface area (Å²) in [7, 11) is 0. The maximum Gasteiger partial charge on any atom is 0.231 e. The molecule has 1 heterocycles. The van der Waals surface area contributed by atoms with Crippen LogP contribution >= 0.6 is 0 Å². The maximum absolute atomic E-state index is 11.1. The summed E-state index contributed by atoms with van der Waals surface area (Å²) in [4.78, 5) is 13.0. The third kappa shape index (κ3) is 3.57. The Kier molecular flexibility index (Phi) is 5.18. The molecular weight excluding hydrogens is 218 g/mol. The highest BCUT2D eigenvalue weighted by Crippen LogP contribution is 2.25. The first-order valence-electron chi connectivity index (χ1n) is 5.91. The topological polar surface area (TPSA) is 85.5 Å². The highest BCUT2D eigenvalue weighted by Gasteiger charge is 2.27. The highest BCUT2D eigenvalue weighted by molar-refractivity contribution is 5.76. The number of hydrogen-bond donors (Lipinski definition) is 2. The van der Waals surface area contributed by atoms with E-state index >= 15 is 0 Å². The second kappa shape index (κ2) is 6.42. The first-order valence-corrected chi connectivity index (χ1v) is 5.91. The fraction of sp³-hybridized carbons (Fsp3) is 0.583. The lowest BCUT2D eigenvalue weighted by Crippen LogP contribution is -2.44. The van der Waals surface area contributed by atoms with Crippen molar-refractivity contribution in [3.8, 4) is 0 Å². The van der Waals surface area contributed by atoms with Crippen LogP contribution in [0.4, 0.5) is 0 Å². The molecule has 96 valence electrons. The molecule has 0 saturated heterocycles.